The van der Waals surface area contributed by atoms with Crippen LogP contribution in [0.15, 0.2) is 0 Å². The van der Waals surface area contributed by atoms with E-state index in [1.165, 1.54) is 32.1 Å². The first-order valence-corrected chi connectivity index (χ1v) is 4.63. The summed E-state index contributed by atoms with van der Waals surface area (Å²) in [4.78, 5) is 0. The molecule has 1 aliphatic rings. The second kappa shape index (κ2) is 9.96. The summed E-state index contributed by atoms with van der Waals surface area (Å²) < 4.78 is 0. The largest absolute Gasteiger partial charge is 0.330 e. The zero-order chi connectivity index (χ0) is 7.82. The van der Waals surface area contributed by atoms with Crippen LogP contribution in [0, 0.1) is 5.92 Å². The van der Waals surface area contributed by atoms with E-state index >= 15 is 0 Å². The monoisotopic (exact) mass is 159 g/mol. The average Bonchev–Trinajstić information content (AvgIpc) is 2.46. The molecule has 0 spiro atoms. The Labute approximate surface area is 72.4 Å². The lowest BCUT2D eigenvalue weighted by Gasteiger charge is -2.03. The summed E-state index contributed by atoms with van der Waals surface area (Å²) in [5, 5.41) is 0. The van der Waals surface area contributed by atoms with Gasteiger partial charge < -0.3 is 5.73 Å². The predicted molar refractivity (Wildman–Crippen MR) is 53.7 cm³/mol. The van der Waals surface area contributed by atoms with E-state index in [9.17, 15) is 0 Å². The molecule has 0 atom stereocenters. The summed E-state index contributed by atoms with van der Waals surface area (Å²) in [7, 11) is 0. The van der Waals surface area contributed by atoms with Gasteiger partial charge in [0.15, 0.2) is 0 Å². The van der Waals surface area contributed by atoms with Gasteiger partial charge in [-0.25, -0.2) is 0 Å². The highest BCUT2D eigenvalue weighted by atomic mass is 14.5. The van der Waals surface area contributed by atoms with Gasteiger partial charge in [-0.3, -0.25) is 0 Å². The maximum absolute atomic E-state index is 5.41. The lowest BCUT2D eigenvalue weighted by atomic mass is 10.1. The third-order valence-corrected chi connectivity index (χ3v) is 2.05. The van der Waals surface area contributed by atoms with Crippen molar-refractivity contribution in [3.63, 3.8) is 0 Å². The first-order valence-electron chi connectivity index (χ1n) is 4.63. The first kappa shape index (κ1) is 13.5. The summed E-state index contributed by atoms with van der Waals surface area (Å²) in [6, 6.07) is 0. The highest BCUT2D eigenvalue weighted by Crippen LogP contribution is 2.26. The molecule has 70 valence electrons. The van der Waals surface area contributed by atoms with Crippen molar-refractivity contribution in [3.05, 3.63) is 0 Å². The molecule has 0 unspecified atom stereocenters. The molecule has 0 aliphatic heterocycles. The molecule has 1 heteroatoms. The Kier molecular flexibility index (Phi) is 12.3. The van der Waals surface area contributed by atoms with Crippen molar-refractivity contribution < 1.29 is 0 Å². The van der Waals surface area contributed by atoms with E-state index in [0.717, 1.165) is 12.5 Å². The molecular formula is C10H25N. The van der Waals surface area contributed by atoms with E-state index in [2.05, 4.69) is 0 Å². The summed E-state index contributed by atoms with van der Waals surface area (Å²) in [6.07, 6.45) is 7.05. The Morgan fingerprint density at radius 1 is 1.18 bits per heavy atom. The molecule has 11 heavy (non-hydrogen) atoms. The van der Waals surface area contributed by atoms with Gasteiger partial charge in [-0.2, -0.15) is 0 Å². The van der Waals surface area contributed by atoms with E-state index in [-0.39, 0.29) is 7.43 Å². The Bertz CT molecular complexity index is 55.9. The second-order valence-corrected chi connectivity index (χ2v) is 2.73. The molecule has 0 aromatic heterocycles. The van der Waals surface area contributed by atoms with Crippen LogP contribution in [0.25, 0.3) is 0 Å². The number of hydrogen-bond donors (Lipinski definition) is 1. The van der Waals surface area contributed by atoms with Gasteiger partial charge in [0.05, 0.1) is 0 Å². The Hall–Kier alpha value is -0.0400. The summed E-state index contributed by atoms with van der Waals surface area (Å²) in [6.45, 7) is 4.89. The van der Waals surface area contributed by atoms with Crippen molar-refractivity contribution in [2.45, 2.75) is 53.4 Å². The van der Waals surface area contributed by atoms with Crippen molar-refractivity contribution in [2.24, 2.45) is 11.7 Å². The highest BCUT2D eigenvalue weighted by molar-refractivity contribution is 4.66. The van der Waals surface area contributed by atoms with E-state index in [0.29, 0.717) is 0 Å². The first-order chi connectivity index (χ1) is 4.93. The average molecular weight is 159 g/mol. The summed E-state index contributed by atoms with van der Waals surface area (Å²) in [5.41, 5.74) is 5.41. The van der Waals surface area contributed by atoms with Gasteiger partial charge in [-0.05, 0) is 18.9 Å². The van der Waals surface area contributed by atoms with Crippen LogP contribution < -0.4 is 5.73 Å². The lowest BCUT2D eigenvalue weighted by Crippen LogP contribution is -2.04. The van der Waals surface area contributed by atoms with Crippen LogP contribution in [-0.4, -0.2) is 6.54 Å². The van der Waals surface area contributed by atoms with Crippen LogP contribution >= 0.6 is 0 Å². The minimum Gasteiger partial charge on any atom is -0.330 e. The summed E-state index contributed by atoms with van der Waals surface area (Å²) in [5.74, 6) is 0.986. The molecule has 0 aromatic carbocycles. The van der Waals surface area contributed by atoms with E-state index in [1.807, 2.05) is 13.8 Å². The van der Waals surface area contributed by atoms with Crippen molar-refractivity contribution >= 4 is 0 Å². The van der Waals surface area contributed by atoms with Crippen molar-refractivity contribution in [2.75, 3.05) is 6.54 Å². The Morgan fingerprint density at radius 3 is 2.00 bits per heavy atom. The van der Waals surface area contributed by atoms with Gasteiger partial charge in [0, 0.05) is 0 Å². The zero-order valence-electron chi connectivity index (χ0n) is 7.40. The molecule has 0 saturated heterocycles. The van der Waals surface area contributed by atoms with Gasteiger partial charge in [0.1, 0.15) is 0 Å². The molecule has 0 heterocycles. The lowest BCUT2D eigenvalue weighted by molar-refractivity contribution is 0.511. The number of nitrogens with two attached hydrogens (primary N) is 1. The fourth-order valence-electron chi connectivity index (χ4n) is 1.53. The quantitative estimate of drug-likeness (QED) is 0.658. The maximum Gasteiger partial charge on any atom is -0.00746 e. The molecular weight excluding hydrogens is 134 g/mol. The summed E-state index contributed by atoms with van der Waals surface area (Å²) >= 11 is 0. The molecule has 1 rings (SSSR count). The van der Waals surface area contributed by atoms with Crippen molar-refractivity contribution in [1.82, 2.24) is 0 Å². The molecule has 2 N–H and O–H groups in total. The van der Waals surface area contributed by atoms with E-state index in [4.69, 9.17) is 5.73 Å². The van der Waals surface area contributed by atoms with E-state index in [1.54, 1.807) is 0 Å². The van der Waals surface area contributed by atoms with Crippen molar-refractivity contribution in [1.29, 1.82) is 0 Å². The Morgan fingerprint density at radius 2 is 1.64 bits per heavy atom. The van der Waals surface area contributed by atoms with Crippen molar-refractivity contribution in [3.8, 4) is 0 Å². The van der Waals surface area contributed by atoms with Crippen LogP contribution in [0.5, 0.6) is 0 Å². The molecule has 0 amide bonds. The Balaban J connectivity index is 0. The highest BCUT2D eigenvalue weighted by Gasteiger charge is 2.12. The van der Waals surface area contributed by atoms with Gasteiger partial charge in [-0.15, -0.1) is 0 Å². The minimum atomic E-state index is 0. The van der Waals surface area contributed by atoms with Gasteiger partial charge >= 0.3 is 0 Å². The fraction of sp³-hybridized carbons (Fsp3) is 1.00. The third kappa shape index (κ3) is 6.36. The van der Waals surface area contributed by atoms with Crippen LogP contribution in [0.3, 0.4) is 0 Å². The van der Waals surface area contributed by atoms with Gasteiger partial charge in [-0.1, -0.05) is 47.0 Å². The van der Waals surface area contributed by atoms with Crippen LogP contribution in [-0.2, 0) is 0 Å². The van der Waals surface area contributed by atoms with Gasteiger partial charge in [0.2, 0.25) is 0 Å². The van der Waals surface area contributed by atoms with Crippen LogP contribution in [0.2, 0.25) is 0 Å². The molecule has 0 aromatic rings. The molecule has 1 saturated carbocycles. The van der Waals surface area contributed by atoms with E-state index < -0.39 is 0 Å². The third-order valence-electron chi connectivity index (χ3n) is 2.05. The van der Waals surface area contributed by atoms with Gasteiger partial charge in [0.25, 0.3) is 0 Å². The maximum atomic E-state index is 5.41. The molecule has 1 nitrogen and oxygen atoms in total. The fourth-order valence-corrected chi connectivity index (χ4v) is 1.53. The molecule has 0 radical (unpaired) electrons. The smallest absolute Gasteiger partial charge is 0.00746 e. The topological polar surface area (TPSA) is 26.0 Å². The van der Waals surface area contributed by atoms with Crippen LogP contribution in [0.4, 0.5) is 0 Å². The molecule has 1 fully saturated rings. The number of rotatable bonds is 2. The van der Waals surface area contributed by atoms with Crippen LogP contribution in [0.1, 0.15) is 53.4 Å². The molecule has 0 bridgehead atoms. The SMILES string of the molecule is C.CC.NCCC1CCCC1. The second-order valence-electron chi connectivity index (χ2n) is 2.73. The standard InChI is InChI=1S/C7H15N.C2H6.CH4/c8-6-5-7-3-1-2-4-7;1-2;/h7H,1-6,8H2;1-2H3;1H4. The molecule has 1 aliphatic carbocycles. The zero-order valence-corrected chi connectivity index (χ0v) is 7.40. The predicted octanol–water partition coefficient (Wildman–Crippen LogP) is 3.19. The number of hydrogen-bond acceptors (Lipinski definition) is 1. The minimum absolute atomic E-state index is 0. The normalized spacial score (nSPS) is 16.6.